The van der Waals surface area contributed by atoms with Crippen LogP contribution in [-0.4, -0.2) is 10.9 Å². The van der Waals surface area contributed by atoms with E-state index in [-0.39, 0.29) is 10.4 Å². The maximum atomic E-state index is 13.6. The molecule has 0 aliphatic heterocycles. The van der Waals surface area contributed by atoms with E-state index in [9.17, 15) is 9.18 Å². The minimum Gasteiger partial charge on any atom is -0.343 e. The van der Waals surface area contributed by atoms with Gasteiger partial charge >= 0.3 is 0 Å². The van der Waals surface area contributed by atoms with Gasteiger partial charge in [-0.25, -0.2) is 4.39 Å². The molecule has 0 bridgehead atoms. The summed E-state index contributed by atoms with van der Waals surface area (Å²) < 4.78 is 15.7. The van der Waals surface area contributed by atoms with Gasteiger partial charge < -0.3 is 9.36 Å². The zero-order valence-corrected chi connectivity index (χ0v) is 18.7. The van der Waals surface area contributed by atoms with Crippen LogP contribution in [0.3, 0.4) is 0 Å². The van der Waals surface area contributed by atoms with Crippen LogP contribution in [0.1, 0.15) is 37.5 Å². The molecular formula is C27H25ClFNO. The number of rotatable bonds is 5. The fourth-order valence-electron chi connectivity index (χ4n) is 3.92. The van der Waals surface area contributed by atoms with Crippen LogP contribution >= 0.6 is 11.6 Å². The Labute approximate surface area is 187 Å². The SMILES string of the molecule is CC(C)(C)c1ccc(Cn2cc(CC=O)c3cc(-c4ccc(F)c(Cl)c4)ccc32)cc1. The van der Waals surface area contributed by atoms with E-state index in [1.165, 1.54) is 17.2 Å². The Hall–Kier alpha value is -2.91. The third-order valence-corrected chi connectivity index (χ3v) is 5.98. The van der Waals surface area contributed by atoms with Crippen molar-refractivity contribution in [2.24, 2.45) is 0 Å². The highest BCUT2D eigenvalue weighted by Crippen LogP contribution is 2.31. The first kappa shape index (κ1) is 21.3. The number of nitrogens with zero attached hydrogens (tertiary/aromatic N) is 1. The average molecular weight is 434 g/mol. The molecule has 0 saturated carbocycles. The maximum absolute atomic E-state index is 13.6. The number of aromatic nitrogens is 1. The van der Waals surface area contributed by atoms with Gasteiger partial charge in [-0.3, -0.25) is 0 Å². The van der Waals surface area contributed by atoms with Crippen molar-refractivity contribution >= 4 is 28.8 Å². The molecule has 0 unspecified atom stereocenters. The van der Waals surface area contributed by atoms with Gasteiger partial charge in [0.15, 0.2) is 0 Å². The molecule has 1 heterocycles. The molecule has 0 amide bonds. The molecule has 0 aliphatic carbocycles. The van der Waals surface area contributed by atoms with Crippen LogP contribution in [0.15, 0.2) is 66.9 Å². The molecule has 0 saturated heterocycles. The highest BCUT2D eigenvalue weighted by atomic mass is 35.5. The molecule has 4 heteroatoms. The topological polar surface area (TPSA) is 22.0 Å². The number of fused-ring (bicyclic) bond motifs is 1. The smallest absolute Gasteiger partial charge is 0.141 e. The number of benzene rings is 3. The standard InChI is InChI=1S/C27H25ClFNO/c1-27(2,3)22-8-4-18(5-9-22)16-30-17-21(12-13-31)23-14-19(7-11-26(23)30)20-6-10-25(29)24(28)15-20/h4-11,13-15,17H,12,16H2,1-3H3. The van der Waals surface area contributed by atoms with Gasteiger partial charge in [-0.05, 0) is 57.5 Å². The fraction of sp³-hybridized carbons (Fsp3) is 0.222. The maximum Gasteiger partial charge on any atom is 0.141 e. The van der Waals surface area contributed by atoms with E-state index in [1.54, 1.807) is 12.1 Å². The zero-order valence-electron chi connectivity index (χ0n) is 18.0. The highest BCUT2D eigenvalue weighted by Gasteiger charge is 2.14. The first-order chi connectivity index (χ1) is 14.8. The summed E-state index contributed by atoms with van der Waals surface area (Å²) in [5.74, 6) is -0.434. The van der Waals surface area contributed by atoms with Gasteiger partial charge in [-0.2, -0.15) is 0 Å². The summed E-state index contributed by atoms with van der Waals surface area (Å²) >= 11 is 5.97. The Bertz CT molecular complexity index is 1250. The lowest BCUT2D eigenvalue weighted by Crippen LogP contribution is -2.11. The van der Waals surface area contributed by atoms with Crippen molar-refractivity contribution in [3.63, 3.8) is 0 Å². The van der Waals surface area contributed by atoms with E-state index >= 15 is 0 Å². The Balaban J connectivity index is 1.73. The van der Waals surface area contributed by atoms with Gasteiger partial charge in [0.2, 0.25) is 0 Å². The van der Waals surface area contributed by atoms with Crippen LogP contribution in [0.2, 0.25) is 5.02 Å². The number of halogens is 2. The summed E-state index contributed by atoms with van der Waals surface area (Å²) in [6, 6.07) is 19.5. The Morgan fingerprint density at radius 1 is 0.968 bits per heavy atom. The van der Waals surface area contributed by atoms with Crippen molar-refractivity contribution in [1.29, 1.82) is 0 Å². The van der Waals surface area contributed by atoms with Gasteiger partial charge in [-0.1, -0.05) is 68.8 Å². The Morgan fingerprint density at radius 3 is 2.29 bits per heavy atom. The first-order valence-corrected chi connectivity index (χ1v) is 10.7. The summed E-state index contributed by atoms with van der Waals surface area (Å²) in [4.78, 5) is 11.3. The molecule has 2 nitrogen and oxygen atoms in total. The van der Waals surface area contributed by atoms with Crippen molar-refractivity contribution < 1.29 is 9.18 Å². The second-order valence-electron chi connectivity index (χ2n) is 8.96. The molecule has 0 N–H and O–H groups in total. The molecule has 0 fully saturated rings. The minimum absolute atomic E-state index is 0.0991. The number of aldehydes is 1. The molecule has 0 radical (unpaired) electrons. The summed E-state index contributed by atoms with van der Waals surface area (Å²) in [5.41, 5.74) is 6.45. The number of carbonyl (C=O) groups excluding carboxylic acids is 1. The molecule has 4 rings (SSSR count). The van der Waals surface area contributed by atoms with Crippen molar-refractivity contribution in [2.45, 2.75) is 39.2 Å². The predicted octanol–water partition coefficient (Wildman–Crippen LogP) is 7.19. The third-order valence-electron chi connectivity index (χ3n) is 5.69. The van der Waals surface area contributed by atoms with Crippen LogP contribution in [0.5, 0.6) is 0 Å². The second-order valence-corrected chi connectivity index (χ2v) is 9.37. The zero-order chi connectivity index (χ0) is 22.2. The first-order valence-electron chi connectivity index (χ1n) is 10.4. The van der Waals surface area contributed by atoms with Crippen molar-refractivity contribution in [3.05, 3.63) is 94.4 Å². The molecule has 0 atom stereocenters. The number of hydrogen-bond acceptors (Lipinski definition) is 1. The molecule has 4 aromatic rings. The highest BCUT2D eigenvalue weighted by molar-refractivity contribution is 6.31. The van der Waals surface area contributed by atoms with E-state index in [2.05, 4.69) is 67.9 Å². The van der Waals surface area contributed by atoms with Crippen LogP contribution in [0, 0.1) is 5.82 Å². The lowest BCUT2D eigenvalue weighted by Gasteiger charge is -2.19. The van der Waals surface area contributed by atoms with Crippen molar-refractivity contribution in [1.82, 2.24) is 4.57 Å². The number of hydrogen-bond donors (Lipinski definition) is 0. The second kappa shape index (κ2) is 8.32. The van der Waals surface area contributed by atoms with Gasteiger partial charge in [-0.15, -0.1) is 0 Å². The molecule has 0 spiro atoms. The summed E-state index contributed by atoms with van der Waals surface area (Å²) in [5, 5.41) is 1.12. The molecule has 1 aromatic heterocycles. The van der Waals surface area contributed by atoms with Crippen LogP contribution in [-0.2, 0) is 23.2 Å². The molecule has 31 heavy (non-hydrogen) atoms. The summed E-state index contributed by atoms with van der Waals surface area (Å²) in [6.45, 7) is 7.35. The van der Waals surface area contributed by atoms with Gasteiger partial charge in [0, 0.05) is 30.1 Å². The van der Waals surface area contributed by atoms with E-state index in [1.807, 2.05) is 6.07 Å². The Morgan fingerprint density at radius 2 is 1.65 bits per heavy atom. The summed E-state index contributed by atoms with van der Waals surface area (Å²) in [6.07, 6.45) is 3.33. The van der Waals surface area contributed by atoms with Crippen LogP contribution < -0.4 is 0 Å². The molecule has 158 valence electrons. The summed E-state index contributed by atoms with van der Waals surface area (Å²) in [7, 11) is 0. The third kappa shape index (κ3) is 4.42. The average Bonchev–Trinajstić information content (AvgIpc) is 3.07. The van der Waals surface area contributed by atoms with E-state index in [4.69, 9.17) is 11.6 Å². The number of carbonyl (C=O) groups is 1. The molecule has 0 aliphatic rings. The van der Waals surface area contributed by atoms with Gasteiger partial charge in [0.25, 0.3) is 0 Å². The lowest BCUT2D eigenvalue weighted by atomic mass is 9.87. The quantitative estimate of drug-likeness (QED) is 0.305. The lowest BCUT2D eigenvalue weighted by molar-refractivity contribution is -0.107. The van der Waals surface area contributed by atoms with E-state index in [0.717, 1.165) is 40.4 Å². The monoisotopic (exact) mass is 433 g/mol. The molecule has 3 aromatic carbocycles. The van der Waals surface area contributed by atoms with Gasteiger partial charge in [0.05, 0.1) is 5.02 Å². The normalized spacial score (nSPS) is 11.8. The van der Waals surface area contributed by atoms with Crippen molar-refractivity contribution in [3.8, 4) is 11.1 Å². The Kier molecular flexibility index (Phi) is 5.72. The minimum atomic E-state index is -0.434. The van der Waals surface area contributed by atoms with E-state index < -0.39 is 5.82 Å². The predicted molar refractivity (Wildman–Crippen MR) is 126 cm³/mol. The van der Waals surface area contributed by atoms with Crippen LogP contribution in [0.25, 0.3) is 22.0 Å². The van der Waals surface area contributed by atoms with E-state index in [0.29, 0.717) is 6.42 Å². The van der Waals surface area contributed by atoms with Crippen molar-refractivity contribution in [2.75, 3.05) is 0 Å². The fourth-order valence-corrected chi connectivity index (χ4v) is 4.10. The molecular weight excluding hydrogens is 409 g/mol. The van der Waals surface area contributed by atoms with Gasteiger partial charge in [0.1, 0.15) is 12.1 Å². The largest absolute Gasteiger partial charge is 0.343 e. The van der Waals surface area contributed by atoms with Crippen LogP contribution in [0.4, 0.5) is 4.39 Å².